The zero-order chi connectivity index (χ0) is 29.3. The fraction of sp³-hybridized carbons (Fsp3) is 0.565. The third kappa shape index (κ3) is 10.3. The number of aryl methyl sites for hydroxylation is 1. The van der Waals surface area contributed by atoms with Crippen LogP contribution < -0.4 is 0 Å². The van der Waals surface area contributed by atoms with E-state index in [2.05, 4.69) is 21.8 Å². The molecule has 4 heterocycles. The first-order chi connectivity index (χ1) is 18.1. The molecule has 0 bridgehead atoms. The van der Waals surface area contributed by atoms with Crippen molar-refractivity contribution in [3.63, 3.8) is 0 Å². The van der Waals surface area contributed by atoms with Gasteiger partial charge in [-0.15, -0.1) is 11.3 Å². The molecule has 0 aliphatic carbocycles. The van der Waals surface area contributed by atoms with Crippen molar-refractivity contribution in [2.24, 2.45) is 5.92 Å². The van der Waals surface area contributed by atoms with Crippen molar-refractivity contribution >= 4 is 23.3 Å². The molecule has 39 heavy (non-hydrogen) atoms. The molecule has 2 fully saturated rings. The van der Waals surface area contributed by atoms with Gasteiger partial charge in [-0.1, -0.05) is 6.07 Å². The van der Waals surface area contributed by atoms with Crippen molar-refractivity contribution in [1.82, 2.24) is 14.9 Å². The van der Waals surface area contributed by atoms with Crippen LogP contribution in [0.5, 0.6) is 0 Å². The molecule has 4 rings (SSSR count). The molecule has 9 nitrogen and oxygen atoms in total. The first-order valence-corrected chi connectivity index (χ1v) is 12.3. The van der Waals surface area contributed by atoms with Gasteiger partial charge >= 0.3 is 24.3 Å². The number of carboxylic acids is 2. The number of carboxylic acid groups (broad SMARTS) is 2. The van der Waals surface area contributed by atoms with Gasteiger partial charge in [-0.3, -0.25) is 9.88 Å². The number of pyridine rings is 1. The Bertz CT molecular complexity index is 1040. The molecular formula is C23H27F6N3O6S. The molecule has 2 aromatic rings. The van der Waals surface area contributed by atoms with E-state index in [1.54, 1.807) is 11.3 Å². The van der Waals surface area contributed by atoms with Gasteiger partial charge in [-0.2, -0.15) is 26.3 Å². The highest BCUT2D eigenvalue weighted by atomic mass is 32.1. The molecule has 2 aliphatic rings. The lowest BCUT2D eigenvalue weighted by atomic mass is 9.79. The highest BCUT2D eigenvalue weighted by molar-refractivity contribution is 7.09. The maximum Gasteiger partial charge on any atom is 0.490 e. The average Bonchev–Trinajstić information content (AvgIpc) is 3.43. The molecule has 0 amide bonds. The predicted molar refractivity (Wildman–Crippen MR) is 125 cm³/mol. The highest BCUT2D eigenvalue weighted by Gasteiger charge is 2.52. The molecule has 0 aromatic carbocycles. The Morgan fingerprint density at radius 1 is 1.13 bits per heavy atom. The van der Waals surface area contributed by atoms with Gasteiger partial charge in [0.05, 0.1) is 29.1 Å². The molecule has 2 aromatic heterocycles. The fourth-order valence-corrected chi connectivity index (χ4v) is 4.75. The summed E-state index contributed by atoms with van der Waals surface area (Å²) < 4.78 is 75.5. The number of nitrogens with zero attached hydrogens (tertiary/aromatic N) is 3. The summed E-state index contributed by atoms with van der Waals surface area (Å²) in [6.07, 6.45) is -6.13. The number of hydrogen-bond acceptors (Lipinski definition) is 8. The van der Waals surface area contributed by atoms with Crippen molar-refractivity contribution in [3.05, 3.63) is 46.2 Å². The molecule has 2 saturated heterocycles. The largest absolute Gasteiger partial charge is 0.490 e. The molecule has 16 heteroatoms. The van der Waals surface area contributed by atoms with E-state index in [1.165, 1.54) is 4.88 Å². The van der Waals surface area contributed by atoms with Gasteiger partial charge in [0.1, 0.15) is 0 Å². The number of rotatable bonds is 7. The summed E-state index contributed by atoms with van der Waals surface area (Å²) in [7, 11) is 0. The van der Waals surface area contributed by atoms with E-state index in [4.69, 9.17) is 29.3 Å². The van der Waals surface area contributed by atoms with Crippen LogP contribution in [0.15, 0.2) is 29.9 Å². The van der Waals surface area contributed by atoms with E-state index >= 15 is 0 Å². The van der Waals surface area contributed by atoms with Crippen LogP contribution in [0, 0.1) is 12.8 Å². The lowest BCUT2D eigenvalue weighted by Crippen LogP contribution is -2.64. The normalized spacial score (nSPS) is 18.4. The summed E-state index contributed by atoms with van der Waals surface area (Å²) in [6.45, 7) is 7.43. The predicted octanol–water partition coefficient (Wildman–Crippen LogP) is 4.31. The van der Waals surface area contributed by atoms with Gasteiger partial charge in [-0.05, 0) is 37.8 Å². The fourth-order valence-electron chi connectivity index (χ4n) is 3.93. The van der Waals surface area contributed by atoms with Crippen molar-refractivity contribution in [1.29, 1.82) is 0 Å². The number of aliphatic carboxylic acids is 2. The van der Waals surface area contributed by atoms with Gasteiger partial charge in [0.15, 0.2) is 0 Å². The van der Waals surface area contributed by atoms with Crippen LogP contribution in [0.25, 0.3) is 0 Å². The van der Waals surface area contributed by atoms with Crippen LogP contribution in [0.2, 0.25) is 0 Å². The third-order valence-corrected chi connectivity index (χ3v) is 6.79. The second-order valence-corrected chi connectivity index (χ2v) is 9.61. The van der Waals surface area contributed by atoms with Crippen LogP contribution >= 0.6 is 11.3 Å². The Kier molecular flexibility index (Phi) is 11.6. The summed E-state index contributed by atoms with van der Waals surface area (Å²) in [5.41, 5.74) is 4.16. The number of alkyl halides is 6. The van der Waals surface area contributed by atoms with Gasteiger partial charge in [0.2, 0.25) is 0 Å². The Morgan fingerprint density at radius 2 is 1.74 bits per heavy atom. The second-order valence-electron chi connectivity index (χ2n) is 8.67. The maximum atomic E-state index is 10.6. The van der Waals surface area contributed by atoms with E-state index in [0.29, 0.717) is 12.5 Å². The van der Waals surface area contributed by atoms with Gasteiger partial charge < -0.3 is 19.7 Å². The van der Waals surface area contributed by atoms with E-state index in [-0.39, 0.29) is 5.60 Å². The molecular weight excluding hydrogens is 560 g/mol. The molecule has 2 aliphatic heterocycles. The summed E-state index contributed by atoms with van der Waals surface area (Å²) in [5.74, 6) is -4.91. The van der Waals surface area contributed by atoms with Crippen molar-refractivity contribution in [2.75, 3.05) is 26.3 Å². The molecule has 1 spiro atoms. The van der Waals surface area contributed by atoms with E-state index in [9.17, 15) is 26.3 Å². The molecule has 0 radical (unpaired) electrons. The Labute approximate surface area is 223 Å². The summed E-state index contributed by atoms with van der Waals surface area (Å²) in [5, 5.41) is 14.2. The first-order valence-electron chi connectivity index (χ1n) is 11.5. The monoisotopic (exact) mass is 587 g/mol. The minimum Gasteiger partial charge on any atom is -0.475 e. The molecule has 1 unspecified atom stereocenters. The Morgan fingerprint density at radius 3 is 2.23 bits per heavy atom. The first kappa shape index (κ1) is 32.4. The number of likely N-dealkylation sites (tertiary alicyclic amines) is 1. The third-order valence-electron chi connectivity index (χ3n) is 5.87. The minimum absolute atomic E-state index is 0.0625. The second kappa shape index (κ2) is 14.0. The zero-order valence-electron chi connectivity index (χ0n) is 20.7. The van der Waals surface area contributed by atoms with Gasteiger partial charge in [-0.25, -0.2) is 14.6 Å². The Hall–Kier alpha value is -2.82. The molecule has 2 N–H and O–H groups in total. The molecule has 0 saturated carbocycles. The molecule has 1 atom stereocenters. The topological polar surface area (TPSA) is 122 Å². The van der Waals surface area contributed by atoms with E-state index in [0.717, 1.165) is 57.1 Å². The minimum atomic E-state index is -5.08. The average molecular weight is 588 g/mol. The van der Waals surface area contributed by atoms with Crippen LogP contribution in [0.1, 0.15) is 29.1 Å². The van der Waals surface area contributed by atoms with Crippen LogP contribution in [0.3, 0.4) is 0 Å². The standard InChI is InChI=1S/C19H25N3O2S.2C2HF3O2/c1-15-18(25-14-21-15)10-22-12-19(13-22)16(6-9-24-19)5-8-23-11-17-4-2-3-7-20-17;2*3-2(4,5)1(6)7/h2-4,7,14,16H,5-6,8-13H2,1H3;2*(H,6,7). The van der Waals surface area contributed by atoms with Gasteiger partial charge in [0.25, 0.3) is 0 Å². The zero-order valence-corrected chi connectivity index (χ0v) is 21.5. The van der Waals surface area contributed by atoms with E-state index in [1.807, 2.05) is 29.9 Å². The molecule has 218 valence electrons. The number of halogens is 6. The van der Waals surface area contributed by atoms with Crippen molar-refractivity contribution < 1.29 is 55.6 Å². The summed E-state index contributed by atoms with van der Waals surface area (Å²) in [6, 6.07) is 5.93. The number of thiazole rings is 1. The smallest absolute Gasteiger partial charge is 0.475 e. The SMILES string of the molecule is Cc1ncsc1CN1CC2(C1)OCCC2CCOCc1ccccn1.O=C(O)C(F)(F)F.O=C(O)C(F)(F)F. The summed E-state index contributed by atoms with van der Waals surface area (Å²) in [4.78, 5) is 30.3. The van der Waals surface area contributed by atoms with Crippen LogP contribution in [-0.2, 0) is 32.2 Å². The van der Waals surface area contributed by atoms with Gasteiger partial charge in [0, 0.05) is 43.9 Å². The number of hydrogen-bond donors (Lipinski definition) is 2. The maximum absolute atomic E-state index is 10.6. The lowest BCUT2D eigenvalue weighted by molar-refractivity contribution is -0.193. The number of carbonyl (C=O) groups is 2. The number of aromatic nitrogens is 2. The lowest BCUT2D eigenvalue weighted by Gasteiger charge is -2.50. The quantitative estimate of drug-likeness (QED) is 0.361. The van der Waals surface area contributed by atoms with Crippen molar-refractivity contribution in [3.8, 4) is 0 Å². The van der Waals surface area contributed by atoms with Crippen LogP contribution in [0.4, 0.5) is 26.3 Å². The summed E-state index contributed by atoms with van der Waals surface area (Å²) >= 11 is 1.75. The van der Waals surface area contributed by atoms with Crippen molar-refractivity contribution in [2.45, 2.75) is 50.9 Å². The highest BCUT2D eigenvalue weighted by Crippen LogP contribution is 2.42. The number of ether oxygens (including phenoxy) is 2. The Balaban J connectivity index is 0.000000317. The van der Waals surface area contributed by atoms with E-state index < -0.39 is 24.3 Å². The van der Waals surface area contributed by atoms with Crippen LogP contribution in [-0.4, -0.2) is 81.3 Å².